The quantitative estimate of drug-likeness (QED) is 0.911. The van der Waals surface area contributed by atoms with Crippen LogP contribution in [0, 0.1) is 5.92 Å². The highest BCUT2D eigenvalue weighted by molar-refractivity contribution is 6.03. The number of hydrogen-bond acceptors (Lipinski definition) is 4. The molecular weight excluding hydrogens is 303 g/mol. The van der Waals surface area contributed by atoms with Crippen LogP contribution in [0.25, 0.3) is 0 Å². The van der Waals surface area contributed by atoms with E-state index < -0.39 is 23.5 Å². The molecule has 7 heteroatoms. The second-order valence-corrected chi connectivity index (χ2v) is 6.21. The first-order valence-electron chi connectivity index (χ1n) is 7.47. The summed E-state index contributed by atoms with van der Waals surface area (Å²) in [6.45, 7) is 1.28. The number of benzene rings is 1. The van der Waals surface area contributed by atoms with Crippen LogP contribution in [0.1, 0.15) is 16.8 Å². The van der Waals surface area contributed by atoms with Gasteiger partial charge in [-0.1, -0.05) is 0 Å². The average molecular weight is 322 g/mol. The van der Waals surface area contributed by atoms with E-state index in [1.54, 1.807) is 6.07 Å². The minimum atomic E-state index is -1.86. The number of rotatable bonds is 3. The number of carbonyl (C=O) groups is 2. The summed E-state index contributed by atoms with van der Waals surface area (Å²) in [5.41, 5.74) is -1.49. The summed E-state index contributed by atoms with van der Waals surface area (Å²) in [5.74, 6) is -1.79. The molecular formula is C16H19FN2O4. The molecule has 1 amide bonds. The maximum atomic E-state index is 15.1. The smallest absolute Gasteiger partial charge is 0.335 e. The van der Waals surface area contributed by atoms with E-state index in [0.717, 1.165) is 0 Å². The first-order valence-corrected chi connectivity index (χ1v) is 7.47. The number of amides is 1. The molecule has 2 heterocycles. The molecule has 0 aromatic heterocycles. The Bertz CT molecular complexity index is 665. The van der Waals surface area contributed by atoms with Crippen LogP contribution in [0.3, 0.4) is 0 Å². The Hall–Kier alpha value is -2.15. The number of methoxy groups -OCH3 is 1. The molecule has 2 saturated heterocycles. The molecule has 2 aliphatic rings. The lowest BCUT2D eigenvalue weighted by molar-refractivity contribution is -0.131. The second-order valence-electron chi connectivity index (χ2n) is 6.21. The van der Waals surface area contributed by atoms with E-state index in [9.17, 15) is 14.7 Å². The summed E-state index contributed by atoms with van der Waals surface area (Å²) in [7, 11) is 3.32. The van der Waals surface area contributed by atoms with Crippen LogP contribution < -0.4 is 9.64 Å². The number of alkyl halides is 1. The van der Waals surface area contributed by atoms with Crippen molar-refractivity contribution in [2.24, 2.45) is 5.92 Å². The number of likely N-dealkylation sites (tertiary alicyclic amines) is 1. The zero-order valence-corrected chi connectivity index (χ0v) is 13.1. The molecule has 1 aromatic rings. The van der Waals surface area contributed by atoms with Crippen LogP contribution in [-0.4, -0.2) is 61.3 Å². The molecule has 3 rings (SSSR count). The van der Waals surface area contributed by atoms with Gasteiger partial charge in [0.2, 0.25) is 0 Å². The predicted octanol–water partition coefficient (Wildman–Crippen LogP) is 1.40. The van der Waals surface area contributed by atoms with Crippen molar-refractivity contribution in [2.45, 2.75) is 12.1 Å². The van der Waals surface area contributed by atoms with Gasteiger partial charge in [-0.05, 0) is 19.2 Å². The number of aromatic carboxylic acids is 1. The Kier molecular flexibility index (Phi) is 3.75. The van der Waals surface area contributed by atoms with Crippen LogP contribution in [0.5, 0.6) is 5.75 Å². The summed E-state index contributed by atoms with van der Waals surface area (Å²) in [4.78, 5) is 27.2. The van der Waals surface area contributed by atoms with Gasteiger partial charge in [0.15, 0.2) is 5.67 Å². The topological polar surface area (TPSA) is 70.1 Å². The number of carbonyl (C=O) groups excluding carboxylic acids is 1. The van der Waals surface area contributed by atoms with Crippen molar-refractivity contribution < 1.29 is 23.8 Å². The molecule has 124 valence electrons. The van der Waals surface area contributed by atoms with Crippen LogP contribution in [-0.2, 0) is 4.79 Å². The zero-order chi connectivity index (χ0) is 16.8. The van der Waals surface area contributed by atoms with E-state index in [2.05, 4.69) is 0 Å². The van der Waals surface area contributed by atoms with E-state index >= 15 is 4.39 Å². The van der Waals surface area contributed by atoms with Gasteiger partial charge >= 0.3 is 5.97 Å². The number of anilines is 1. The second kappa shape index (κ2) is 5.49. The zero-order valence-electron chi connectivity index (χ0n) is 13.1. The van der Waals surface area contributed by atoms with E-state index in [-0.39, 0.29) is 18.5 Å². The fourth-order valence-electron chi connectivity index (χ4n) is 3.38. The molecule has 2 aliphatic heterocycles. The fraction of sp³-hybridized carbons (Fsp3) is 0.500. The van der Waals surface area contributed by atoms with Crippen molar-refractivity contribution in [3.05, 3.63) is 23.8 Å². The lowest BCUT2D eigenvalue weighted by Gasteiger charge is -2.34. The molecule has 0 unspecified atom stereocenters. The minimum Gasteiger partial charge on any atom is -0.497 e. The Morgan fingerprint density at radius 3 is 2.78 bits per heavy atom. The Morgan fingerprint density at radius 1 is 1.39 bits per heavy atom. The number of nitrogens with zero attached hydrogens (tertiary/aromatic N) is 2. The summed E-state index contributed by atoms with van der Waals surface area (Å²) < 4.78 is 20.2. The monoisotopic (exact) mass is 322 g/mol. The van der Waals surface area contributed by atoms with Gasteiger partial charge in [0.05, 0.1) is 12.7 Å². The van der Waals surface area contributed by atoms with Crippen LogP contribution in [0.15, 0.2) is 18.2 Å². The van der Waals surface area contributed by atoms with Gasteiger partial charge in [-0.2, -0.15) is 0 Å². The van der Waals surface area contributed by atoms with E-state index in [4.69, 9.17) is 4.74 Å². The molecule has 6 nitrogen and oxygen atoms in total. The van der Waals surface area contributed by atoms with E-state index in [1.807, 2.05) is 11.9 Å². The van der Waals surface area contributed by atoms with Gasteiger partial charge in [-0.3, -0.25) is 4.79 Å². The lowest BCUT2D eigenvalue weighted by atomic mass is 9.85. The molecule has 0 bridgehead atoms. The molecule has 2 atom stereocenters. The largest absolute Gasteiger partial charge is 0.497 e. The fourth-order valence-corrected chi connectivity index (χ4v) is 3.38. The van der Waals surface area contributed by atoms with Gasteiger partial charge < -0.3 is 19.6 Å². The molecule has 0 saturated carbocycles. The van der Waals surface area contributed by atoms with Crippen molar-refractivity contribution in [2.75, 3.05) is 38.7 Å². The molecule has 1 N–H and O–H groups in total. The van der Waals surface area contributed by atoms with Crippen LogP contribution in [0.2, 0.25) is 0 Å². The van der Waals surface area contributed by atoms with Crippen molar-refractivity contribution in [3.63, 3.8) is 0 Å². The van der Waals surface area contributed by atoms with Crippen molar-refractivity contribution in [3.8, 4) is 5.75 Å². The number of piperidine rings is 1. The third-order valence-corrected chi connectivity index (χ3v) is 4.73. The first-order chi connectivity index (χ1) is 10.8. The van der Waals surface area contributed by atoms with Crippen molar-refractivity contribution in [1.29, 1.82) is 0 Å². The Morgan fingerprint density at radius 2 is 2.13 bits per heavy atom. The molecule has 2 fully saturated rings. The molecule has 1 aromatic carbocycles. The number of carboxylic acid groups (broad SMARTS) is 1. The Balaban J connectivity index is 1.98. The Labute approximate surface area is 133 Å². The first kappa shape index (κ1) is 15.7. The predicted molar refractivity (Wildman–Crippen MR) is 81.7 cm³/mol. The summed E-state index contributed by atoms with van der Waals surface area (Å²) in [6.07, 6.45) is 0.166. The highest BCUT2D eigenvalue weighted by atomic mass is 19.1. The number of carboxylic acids is 1. The van der Waals surface area contributed by atoms with Gasteiger partial charge in [0.1, 0.15) is 5.75 Å². The number of ether oxygens (including phenoxy) is 1. The number of hydrogen-bond donors (Lipinski definition) is 1. The lowest BCUT2D eigenvalue weighted by Crippen LogP contribution is -2.49. The van der Waals surface area contributed by atoms with Crippen molar-refractivity contribution in [1.82, 2.24) is 4.90 Å². The average Bonchev–Trinajstić information content (AvgIpc) is 2.79. The normalized spacial score (nSPS) is 27.9. The minimum absolute atomic E-state index is 0.00653. The standard InChI is InChI=1S/C16H19FN2O4/c1-18-4-3-16(17)11(8-18)9-19(15(16)22)12-5-10(14(20)21)6-13(7-12)23-2/h5-7,11H,3-4,8-9H2,1-2H3,(H,20,21)/t11-,16+/m0/s1. The van der Waals surface area contributed by atoms with Crippen LogP contribution in [0.4, 0.5) is 10.1 Å². The third-order valence-electron chi connectivity index (χ3n) is 4.73. The number of halogens is 1. The SMILES string of the molecule is COc1cc(C(=O)O)cc(N2C[C@@H]3CN(C)CC[C@]3(F)C2=O)c1. The summed E-state index contributed by atoms with van der Waals surface area (Å²) in [6, 6.07) is 4.32. The molecule has 0 radical (unpaired) electrons. The van der Waals surface area contributed by atoms with Gasteiger partial charge in [0.25, 0.3) is 5.91 Å². The van der Waals surface area contributed by atoms with Gasteiger partial charge in [0, 0.05) is 43.7 Å². The highest BCUT2D eigenvalue weighted by Gasteiger charge is 2.57. The maximum absolute atomic E-state index is 15.1. The summed E-state index contributed by atoms with van der Waals surface area (Å²) >= 11 is 0. The van der Waals surface area contributed by atoms with Crippen LogP contribution >= 0.6 is 0 Å². The maximum Gasteiger partial charge on any atom is 0.335 e. The highest BCUT2D eigenvalue weighted by Crippen LogP contribution is 2.41. The van der Waals surface area contributed by atoms with Crippen molar-refractivity contribution >= 4 is 17.6 Å². The molecule has 0 spiro atoms. The summed E-state index contributed by atoms with van der Waals surface area (Å²) in [5, 5.41) is 9.19. The number of fused-ring (bicyclic) bond motifs is 1. The molecule has 23 heavy (non-hydrogen) atoms. The van der Waals surface area contributed by atoms with Gasteiger partial charge in [-0.15, -0.1) is 0 Å². The third kappa shape index (κ3) is 2.55. The van der Waals surface area contributed by atoms with E-state index in [0.29, 0.717) is 24.5 Å². The molecule has 0 aliphatic carbocycles. The van der Waals surface area contributed by atoms with E-state index in [1.165, 1.54) is 24.1 Å². The van der Waals surface area contributed by atoms with Gasteiger partial charge in [-0.25, -0.2) is 9.18 Å².